The van der Waals surface area contributed by atoms with Crippen LogP contribution in [0.25, 0.3) is 6.08 Å². The fourth-order valence-corrected chi connectivity index (χ4v) is 3.78. The van der Waals surface area contributed by atoms with Crippen LogP contribution in [0, 0.1) is 5.92 Å². The molecule has 0 radical (unpaired) electrons. The first-order valence-electron chi connectivity index (χ1n) is 9.95. The van der Waals surface area contributed by atoms with Crippen LogP contribution in [0.1, 0.15) is 24.0 Å². The molecular weight excluding hydrogens is 366 g/mol. The Balaban J connectivity index is 1.59. The average Bonchev–Trinajstić information content (AvgIpc) is 2.77. The molecule has 5 nitrogen and oxygen atoms in total. The van der Waals surface area contributed by atoms with Crippen LogP contribution in [-0.4, -0.2) is 45.2 Å². The summed E-state index contributed by atoms with van der Waals surface area (Å²) >= 11 is 0. The van der Waals surface area contributed by atoms with E-state index in [-0.39, 0.29) is 5.91 Å². The maximum absolute atomic E-state index is 12.6. The molecule has 0 bridgehead atoms. The minimum absolute atomic E-state index is 0.0388. The van der Waals surface area contributed by atoms with Crippen molar-refractivity contribution in [3.8, 4) is 17.2 Å². The van der Waals surface area contributed by atoms with Gasteiger partial charge in [-0.05, 0) is 54.5 Å². The molecule has 0 aromatic heterocycles. The third-order valence-corrected chi connectivity index (χ3v) is 5.40. The maximum Gasteiger partial charge on any atom is 0.246 e. The van der Waals surface area contributed by atoms with E-state index in [1.54, 1.807) is 33.5 Å². The molecule has 154 valence electrons. The molecule has 1 saturated heterocycles. The Morgan fingerprint density at radius 1 is 1.00 bits per heavy atom. The van der Waals surface area contributed by atoms with Gasteiger partial charge < -0.3 is 19.1 Å². The predicted molar refractivity (Wildman–Crippen MR) is 115 cm³/mol. The number of hydrogen-bond donors (Lipinski definition) is 0. The Labute approximate surface area is 172 Å². The van der Waals surface area contributed by atoms with Crippen LogP contribution in [0.4, 0.5) is 0 Å². The van der Waals surface area contributed by atoms with Crippen LogP contribution < -0.4 is 14.2 Å². The number of likely N-dealkylation sites (tertiary alicyclic amines) is 1. The zero-order chi connectivity index (χ0) is 20.6. The van der Waals surface area contributed by atoms with Gasteiger partial charge in [-0.25, -0.2) is 0 Å². The van der Waals surface area contributed by atoms with Gasteiger partial charge in [-0.15, -0.1) is 0 Å². The number of benzene rings is 2. The molecule has 2 aromatic carbocycles. The van der Waals surface area contributed by atoms with Crippen molar-refractivity contribution in [2.45, 2.75) is 19.3 Å². The summed E-state index contributed by atoms with van der Waals surface area (Å²) < 4.78 is 16.1. The van der Waals surface area contributed by atoms with Gasteiger partial charge in [0.1, 0.15) is 0 Å². The largest absolute Gasteiger partial charge is 0.493 e. The first-order valence-corrected chi connectivity index (χ1v) is 9.95. The lowest BCUT2D eigenvalue weighted by atomic mass is 9.90. The monoisotopic (exact) mass is 395 g/mol. The molecule has 1 fully saturated rings. The number of rotatable bonds is 7. The second-order valence-electron chi connectivity index (χ2n) is 7.25. The number of ether oxygens (including phenoxy) is 3. The SMILES string of the molecule is COc1cc(C=CC(=O)N2CCC(Cc3ccccc3)CC2)cc(OC)c1OC. The number of nitrogens with zero attached hydrogens (tertiary/aromatic N) is 1. The van der Waals surface area contributed by atoms with Gasteiger partial charge >= 0.3 is 0 Å². The van der Waals surface area contributed by atoms with Crippen molar-refractivity contribution in [1.82, 2.24) is 4.90 Å². The highest BCUT2D eigenvalue weighted by Gasteiger charge is 2.21. The Kier molecular flexibility index (Phi) is 7.17. The zero-order valence-corrected chi connectivity index (χ0v) is 17.4. The number of piperidine rings is 1. The molecule has 29 heavy (non-hydrogen) atoms. The highest BCUT2D eigenvalue weighted by Crippen LogP contribution is 2.38. The first-order chi connectivity index (χ1) is 14.1. The molecule has 5 heteroatoms. The van der Waals surface area contributed by atoms with Crippen molar-refractivity contribution in [2.75, 3.05) is 34.4 Å². The lowest BCUT2D eigenvalue weighted by Gasteiger charge is -2.31. The highest BCUT2D eigenvalue weighted by molar-refractivity contribution is 5.92. The quantitative estimate of drug-likeness (QED) is 0.659. The number of carbonyl (C=O) groups excluding carboxylic acids is 1. The number of amides is 1. The van der Waals surface area contributed by atoms with Gasteiger partial charge in [0.25, 0.3) is 0 Å². The van der Waals surface area contributed by atoms with Crippen LogP contribution in [-0.2, 0) is 11.2 Å². The van der Waals surface area contributed by atoms with Crippen molar-refractivity contribution in [3.05, 3.63) is 59.7 Å². The Morgan fingerprint density at radius 2 is 1.62 bits per heavy atom. The van der Waals surface area contributed by atoms with E-state index in [0.717, 1.165) is 37.9 Å². The third kappa shape index (κ3) is 5.31. The second-order valence-corrected chi connectivity index (χ2v) is 7.25. The molecule has 2 aromatic rings. The van der Waals surface area contributed by atoms with Crippen molar-refractivity contribution in [3.63, 3.8) is 0 Å². The van der Waals surface area contributed by atoms with Gasteiger partial charge in [-0.2, -0.15) is 0 Å². The summed E-state index contributed by atoms with van der Waals surface area (Å²) in [6.07, 6.45) is 6.59. The molecule has 1 heterocycles. The van der Waals surface area contributed by atoms with Crippen molar-refractivity contribution in [2.24, 2.45) is 5.92 Å². The first kappa shape index (κ1) is 20.8. The zero-order valence-electron chi connectivity index (χ0n) is 17.4. The molecule has 0 saturated carbocycles. The van der Waals surface area contributed by atoms with Gasteiger partial charge in [0.05, 0.1) is 21.3 Å². The minimum atomic E-state index is 0.0388. The summed E-state index contributed by atoms with van der Waals surface area (Å²) in [5.74, 6) is 2.36. The lowest BCUT2D eigenvalue weighted by Crippen LogP contribution is -2.37. The Hall–Kier alpha value is -2.95. The Morgan fingerprint density at radius 3 is 2.17 bits per heavy atom. The normalized spacial score (nSPS) is 14.8. The molecule has 0 N–H and O–H groups in total. The van der Waals surface area contributed by atoms with Crippen molar-refractivity contribution < 1.29 is 19.0 Å². The van der Waals surface area contributed by atoms with Gasteiger partial charge in [-0.3, -0.25) is 4.79 Å². The number of carbonyl (C=O) groups is 1. The van der Waals surface area contributed by atoms with Crippen LogP contribution >= 0.6 is 0 Å². The summed E-state index contributed by atoms with van der Waals surface area (Å²) in [6, 6.07) is 14.2. The van der Waals surface area contributed by atoms with E-state index in [1.165, 1.54) is 5.56 Å². The second kappa shape index (κ2) is 10.0. The molecule has 1 amide bonds. The minimum Gasteiger partial charge on any atom is -0.493 e. The molecule has 3 rings (SSSR count). The van der Waals surface area contributed by atoms with Crippen LogP contribution in [0.15, 0.2) is 48.5 Å². The van der Waals surface area contributed by atoms with E-state index in [0.29, 0.717) is 23.2 Å². The third-order valence-electron chi connectivity index (χ3n) is 5.40. The lowest BCUT2D eigenvalue weighted by molar-refractivity contribution is -0.127. The van der Waals surface area contributed by atoms with Crippen LogP contribution in [0.3, 0.4) is 0 Å². The van der Waals surface area contributed by atoms with E-state index in [2.05, 4.69) is 24.3 Å². The van der Waals surface area contributed by atoms with E-state index in [4.69, 9.17) is 14.2 Å². The van der Waals surface area contributed by atoms with E-state index >= 15 is 0 Å². The summed E-state index contributed by atoms with van der Waals surface area (Å²) in [5, 5.41) is 0. The molecule has 1 aliphatic rings. The van der Waals surface area contributed by atoms with Crippen molar-refractivity contribution >= 4 is 12.0 Å². The smallest absolute Gasteiger partial charge is 0.246 e. The fraction of sp³-hybridized carbons (Fsp3) is 0.375. The molecule has 0 aliphatic carbocycles. The predicted octanol–water partition coefficient (Wildman–Crippen LogP) is 4.21. The summed E-state index contributed by atoms with van der Waals surface area (Å²) in [4.78, 5) is 14.5. The average molecular weight is 395 g/mol. The molecule has 1 aliphatic heterocycles. The fourth-order valence-electron chi connectivity index (χ4n) is 3.78. The van der Waals surface area contributed by atoms with E-state index in [1.807, 2.05) is 23.1 Å². The Bertz CT molecular complexity index is 814. The topological polar surface area (TPSA) is 48.0 Å². The van der Waals surface area contributed by atoms with Crippen LogP contribution in [0.5, 0.6) is 17.2 Å². The van der Waals surface area contributed by atoms with Gasteiger partial charge in [0, 0.05) is 19.2 Å². The standard InChI is InChI=1S/C24H29NO4/c1-27-21-16-20(17-22(28-2)24(21)29-3)9-10-23(26)25-13-11-19(12-14-25)15-18-7-5-4-6-8-18/h4-10,16-17,19H,11-15H2,1-3H3. The van der Waals surface area contributed by atoms with Crippen LogP contribution in [0.2, 0.25) is 0 Å². The van der Waals surface area contributed by atoms with Gasteiger partial charge in [0.2, 0.25) is 11.7 Å². The summed E-state index contributed by atoms with van der Waals surface area (Å²) in [6.45, 7) is 1.60. The number of hydrogen-bond acceptors (Lipinski definition) is 4. The van der Waals surface area contributed by atoms with E-state index in [9.17, 15) is 4.79 Å². The van der Waals surface area contributed by atoms with Gasteiger partial charge in [-0.1, -0.05) is 30.3 Å². The van der Waals surface area contributed by atoms with Crippen molar-refractivity contribution in [1.29, 1.82) is 0 Å². The summed E-state index contributed by atoms with van der Waals surface area (Å²) in [5.41, 5.74) is 2.20. The summed E-state index contributed by atoms with van der Waals surface area (Å²) in [7, 11) is 4.73. The van der Waals surface area contributed by atoms with E-state index < -0.39 is 0 Å². The molecule has 0 unspecified atom stereocenters. The highest BCUT2D eigenvalue weighted by atomic mass is 16.5. The molecule has 0 atom stereocenters. The molecule has 0 spiro atoms. The molecular formula is C24H29NO4. The number of methoxy groups -OCH3 is 3. The maximum atomic E-state index is 12.6. The van der Waals surface area contributed by atoms with Gasteiger partial charge in [0.15, 0.2) is 11.5 Å².